The molecular formula is C13H24N2O3S. The maximum atomic E-state index is 12.4. The molecule has 0 aliphatic carbocycles. The molecule has 0 bridgehead atoms. The normalized spacial score (nSPS) is 30.5. The van der Waals surface area contributed by atoms with E-state index in [0.29, 0.717) is 12.8 Å². The molecule has 0 aromatic heterocycles. The highest BCUT2D eigenvalue weighted by Gasteiger charge is 2.33. The van der Waals surface area contributed by atoms with E-state index in [0.717, 1.165) is 25.9 Å². The molecule has 0 aromatic carbocycles. The molecule has 2 rings (SSSR count). The van der Waals surface area contributed by atoms with Gasteiger partial charge >= 0.3 is 0 Å². The van der Waals surface area contributed by atoms with Crippen LogP contribution in [-0.4, -0.2) is 56.9 Å². The Hall–Kier alpha value is -0.620. The van der Waals surface area contributed by atoms with Gasteiger partial charge in [0, 0.05) is 25.6 Å². The Kier molecular flexibility index (Phi) is 4.84. The number of carbonyl (C=O) groups is 1. The van der Waals surface area contributed by atoms with Crippen LogP contribution in [0.2, 0.25) is 0 Å². The summed E-state index contributed by atoms with van der Waals surface area (Å²) in [4.78, 5) is 14.3. The molecule has 2 aliphatic heterocycles. The number of piperidine rings is 1. The zero-order valence-electron chi connectivity index (χ0n) is 11.6. The highest BCUT2D eigenvalue weighted by molar-refractivity contribution is 7.91. The lowest BCUT2D eigenvalue weighted by Crippen LogP contribution is -2.48. The van der Waals surface area contributed by atoms with E-state index in [2.05, 4.69) is 5.32 Å². The third-order valence-corrected chi connectivity index (χ3v) is 6.01. The van der Waals surface area contributed by atoms with E-state index in [9.17, 15) is 13.2 Å². The molecule has 5 nitrogen and oxygen atoms in total. The number of hydrogen-bond acceptors (Lipinski definition) is 4. The third-order valence-electron chi connectivity index (χ3n) is 4.18. The summed E-state index contributed by atoms with van der Waals surface area (Å²) in [5, 5.41) is 3.14. The Labute approximate surface area is 115 Å². The first kappa shape index (κ1) is 14.8. The molecule has 6 heteroatoms. The largest absolute Gasteiger partial charge is 0.338 e. The van der Waals surface area contributed by atoms with Gasteiger partial charge in [-0.2, -0.15) is 0 Å². The summed E-state index contributed by atoms with van der Waals surface area (Å²) in [6.45, 7) is 1.65. The van der Waals surface area contributed by atoms with Gasteiger partial charge < -0.3 is 10.2 Å². The van der Waals surface area contributed by atoms with E-state index in [1.54, 1.807) is 0 Å². The molecule has 110 valence electrons. The van der Waals surface area contributed by atoms with E-state index in [4.69, 9.17) is 0 Å². The maximum absolute atomic E-state index is 12.4. The molecule has 0 radical (unpaired) electrons. The quantitative estimate of drug-likeness (QED) is 0.814. The molecule has 0 spiro atoms. The van der Waals surface area contributed by atoms with Crippen LogP contribution in [0, 0.1) is 5.92 Å². The van der Waals surface area contributed by atoms with Gasteiger partial charge in [0.15, 0.2) is 9.84 Å². The lowest BCUT2D eigenvalue weighted by Gasteiger charge is -2.36. The van der Waals surface area contributed by atoms with Crippen LogP contribution < -0.4 is 5.32 Å². The van der Waals surface area contributed by atoms with Crippen LogP contribution in [-0.2, 0) is 14.6 Å². The summed E-state index contributed by atoms with van der Waals surface area (Å²) in [6.07, 6.45) is 4.34. The minimum atomic E-state index is -2.88. The second-order valence-electron chi connectivity index (χ2n) is 5.77. The van der Waals surface area contributed by atoms with Crippen molar-refractivity contribution in [2.75, 3.05) is 31.6 Å². The second kappa shape index (κ2) is 6.22. The minimum absolute atomic E-state index is 0.0367. The average Bonchev–Trinajstić information content (AvgIpc) is 2.69. The minimum Gasteiger partial charge on any atom is -0.338 e. The summed E-state index contributed by atoms with van der Waals surface area (Å²) in [5.41, 5.74) is 0. The van der Waals surface area contributed by atoms with Crippen molar-refractivity contribution < 1.29 is 13.2 Å². The van der Waals surface area contributed by atoms with E-state index < -0.39 is 9.84 Å². The highest BCUT2D eigenvalue weighted by atomic mass is 32.2. The Balaban J connectivity index is 1.91. The zero-order chi connectivity index (χ0) is 13.9. The molecule has 0 aromatic rings. The van der Waals surface area contributed by atoms with Gasteiger partial charge in [0.2, 0.25) is 5.91 Å². The van der Waals surface area contributed by atoms with Crippen LogP contribution in [0.1, 0.15) is 32.1 Å². The van der Waals surface area contributed by atoms with Gasteiger partial charge in [-0.3, -0.25) is 4.79 Å². The topological polar surface area (TPSA) is 66.5 Å². The fraction of sp³-hybridized carbons (Fsp3) is 0.923. The SMILES string of the molecule is CNCC1CCCCN1C(=O)CC1CCS(=O)(=O)C1. The van der Waals surface area contributed by atoms with Crippen LogP contribution in [0.15, 0.2) is 0 Å². The second-order valence-corrected chi connectivity index (χ2v) is 8.00. The van der Waals surface area contributed by atoms with Crippen molar-refractivity contribution in [1.29, 1.82) is 0 Å². The van der Waals surface area contributed by atoms with Gasteiger partial charge in [-0.1, -0.05) is 0 Å². The molecule has 2 aliphatic rings. The molecule has 1 amide bonds. The van der Waals surface area contributed by atoms with Gasteiger partial charge in [-0.15, -0.1) is 0 Å². The van der Waals surface area contributed by atoms with Gasteiger partial charge in [0.25, 0.3) is 0 Å². The number of likely N-dealkylation sites (N-methyl/N-ethyl adjacent to an activating group) is 1. The van der Waals surface area contributed by atoms with Crippen molar-refractivity contribution in [3.63, 3.8) is 0 Å². The van der Waals surface area contributed by atoms with Crippen molar-refractivity contribution >= 4 is 15.7 Å². The van der Waals surface area contributed by atoms with Crippen LogP contribution in [0.4, 0.5) is 0 Å². The Morgan fingerprint density at radius 3 is 2.74 bits per heavy atom. The lowest BCUT2D eigenvalue weighted by atomic mass is 9.99. The molecule has 1 N–H and O–H groups in total. The molecule has 0 saturated carbocycles. The van der Waals surface area contributed by atoms with Gasteiger partial charge in [-0.25, -0.2) is 8.42 Å². The van der Waals surface area contributed by atoms with Crippen molar-refractivity contribution in [3.8, 4) is 0 Å². The fourth-order valence-electron chi connectivity index (χ4n) is 3.17. The number of nitrogens with one attached hydrogen (secondary N) is 1. The molecule has 2 unspecified atom stereocenters. The number of hydrogen-bond donors (Lipinski definition) is 1. The van der Waals surface area contributed by atoms with Crippen molar-refractivity contribution in [2.24, 2.45) is 5.92 Å². The van der Waals surface area contributed by atoms with Gasteiger partial charge in [0.1, 0.15) is 0 Å². The summed E-state index contributed by atoms with van der Waals surface area (Å²) in [7, 11) is -0.975. The average molecular weight is 288 g/mol. The number of sulfone groups is 1. The first-order valence-electron chi connectivity index (χ1n) is 7.16. The number of rotatable bonds is 4. The Morgan fingerprint density at radius 1 is 1.32 bits per heavy atom. The molecule has 2 heterocycles. The standard InChI is InChI=1S/C13H24N2O3S/c1-14-9-12-4-2-3-6-15(12)13(16)8-11-5-7-19(17,18)10-11/h11-12,14H,2-10H2,1H3. The highest BCUT2D eigenvalue weighted by Crippen LogP contribution is 2.24. The van der Waals surface area contributed by atoms with Crippen LogP contribution in [0.3, 0.4) is 0 Å². The van der Waals surface area contributed by atoms with Crippen molar-refractivity contribution in [3.05, 3.63) is 0 Å². The fourth-order valence-corrected chi connectivity index (χ4v) is 5.04. The van der Waals surface area contributed by atoms with Crippen LogP contribution in [0.25, 0.3) is 0 Å². The first-order chi connectivity index (χ1) is 9.02. The maximum Gasteiger partial charge on any atom is 0.223 e. The van der Waals surface area contributed by atoms with Gasteiger partial charge in [0.05, 0.1) is 11.5 Å². The zero-order valence-corrected chi connectivity index (χ0v) is 12.4. The number of likely N-dealkylation sites (tertiary alicyclic amines) is 1. The van der Waals surface area contributed by atoms with E-state index in [1.165, 1.54) is 6.42 Å². The molecular weight excluding hydrogens is 264 g/mol. The summed E-state index contributed by atoms with van der Waals surface area (Å²) < 4.78 is 22.9. The Bertz CT molecular complexity index is 420. The number of amides is 1. The number of carbonyl (C=O) groups excluding carboxylic acids is 1. The molecule has 19 heavy (non-hydrogen) atoms. The summed E-state index contributed by atoms with van der Waals surface area (Å²) in [6, 6.07) is 0.282. The third kappa shape index (κ3) is 3.92. The monoisotopic (exact) mass is 288 g/mol. The first-order valence-corrected chi connectivity index (χ1v) is 8.98. The van der Waals surface area contributed by atoms with E-state index >= 15 is 0 Å². The summed E-state index contributed by atoms with van der Waals surface area (Å²) in [5.74, 6) is 0.630. The number of nitrogens with zero attached hydrogens (tertiary/aromatic N) is 1. The van der Waals surface area contributed by atoms with Crippen LogP contribution in [0.5, 0.6) is 0 Å². The molecule has 2 atom stereocenters. The molecule has 2 fully saturated rings. The van der Waals surface area contributed by atoms with E-state index in [1.807, 2.05) is 11.9 Å². The predicted octanol–water partition coefficient (Wildman–Crippen LogP) is 0.412. The van der Waals surface area contributed by atoms with Crippen molar-refractivity contribution in [1.82, 2.24) is 10.2 Å². The van der Waals surface area contributed by atoms with Crippen molar-refractivity contribution in [2.45, 2.75) is 38.1 Å². The summed E-state index contributed by atoms with van der Waals surface area (Å²) >= 11 is 0. The smallest absolute Gasteiger partial charge is 0.223 e. The van der Waals surface area contributed by atoms with Crippen LogP contribution >= 0.6 is 0 Å². The predicted molar refractivity (Wildman–Crippen MR) is 74.7 cm³/mol. The van der Waals surface area contributed by atoms with E-state index in [-0.39, 0.29) is 29.4 Å². The Morgan fingerprint density at radius 2 is 2.11 bits per heavy atom. The lowest BCUT2D eigenvalue weighted by molar-refractivity contribution is -0.135. The molecule has 2 saturated heterocycles. The van der Waals surface area contributed by atoms with Gasteiger partial charge in [-0.05, 0) is 38.6 Å².